The van der Waals surface area contributed by atoms with Crippen LogP contribution in [0.5, 0.6) is 5.75 Å². The third-order valence-corrected chi connectivity index (χ3v) is 8.20. The molecule has 0 radical (unpaired) electrons. The molecule has 2 aliphatic rings. The maximum absolute atomic E-state index is 14.9. The van der Waals surface area contributed by atoms with Crippen molar-refractivity contribution >= 4 is 17.0 Å². The first-order chi connectivity index (χ1) is 20.4. The quantitative estimate of drug-likeness (QED) is 0.277. The summed E-state index contributed by atoms with van der Waals surface area (Å²) in [5, 5.41) is 18.5. The fourth-order valence-electron chi connectivity index (χ4n) is 5.75. The van der Waals surface area contributed by atoms with Gasteiger partial charge < -0.3 is 19.1 Å². The predicted molar refractivity (Wildman–Crippen MR) is 150 cm³/mol. The summed E-state index contributed by atoms with van der Waals surface area (Å²) in [6.45, 7) is 3.32. The monoisotopic (exact) mass is 572 g/mol. The van der Waals surface area contributed by atoms with Crippen molar-refractivity contribution in [3.05, 3.63) is 94.3 Å². The summed E-state index contributed by atoms with van der Waals surface area (Å²) in [5.41, 5.74) is 3.00. The summed E-state index contributed by atoms with van der Waals surface area (Å²) in [4.78, 5) is 18.7. The molecule has 0 unspecified atom stereocenters. The van der Waals surface area contributed by atoms with Crippen LogP contribution < -0.4 is 4.74 Å². The van der Waals surface area contributed by atoms with E-state index in [1.54, 1.807) is 24.3 Å². The van der Waals surface area contributed by atoms with E-state index in [-0.39, 0.29) is 41.1 Å². The summed E-state index contributed by atoms with van der Waals surface area (Å²) in [6, 6.07) is 15.9. The SMILES string of the molecule is N#Cc1ccc(COc2c(F)cccc2C2CCN(Cc3nc4ccc(C(=O)O)cc4n3C[C@@H]3CCO3)CC2)c(F)c1. The summed E-state index contributed by atoms with van der Waals surface area (Å²) in [7, 11) is 0. The van der Waals surface area contributed by atoms with Gasteiger partial charge in [-0.2, -0.15) is 5.26 Å². The second kappa shape index (κ2) is 11.9. The first kappa shape index (κ1) is 27.8. The predicted octanol–water partition coefficient (Wildman–Crippen LogP) is 5.63. The van der Waals surface area contributed by atoms with Gasteiger partial charge in [0.15, 0.2) is 11.6 Å². The van der Waals surface area contributed by atoms with E-state index in [2.05, 4.69) is 9.47 Å². The van der Waals surface area contributed by atoms with Crippen LogP contribution in [-0.2, 0) is 24.4 Å². The average molecular weight is 573 g/mol. The van der Waals surface area contributed by atoms with Crippen molar-refractivity contribution in [2.45, 2.75) is 51.0 Å². The van der Waals surface area contributed by atoms with Crippen LogP contribution in [0, 0.1) is 23.0 Å². The number of carbonyl (C=O) groups is 1. The van der Waals surface area contributed by atoms with Crippen molar-refractivity contribution in [2.75, 3.05) is 19.7 Å². The second-order valence-corrected chi connectivity index (χ2v) is 10.8. The van der Waals surface area contributed by atoms with Crippen LogP contribution in [0.15, 0.2) is 54.6 Å². The number of rotatable bonds is 9. The van der Waals surface area contributed by atoms with Crippen LogP contribution in [-0.4, -0.2) is 51.3 Å². The van der Waals surface area contributed by atoms with Gasteiger partial charge in [-0.3, -0.25) is 4.90 Å². The van der Waals surface area contributed by atoms with Crippen molar-refractivity contribution in [3.63, 3.8) is 0 Å². The van der Waals surface area contributed by atoms with Crippen molar-refractivity contribution < 1.29 is 28.2 Å². The lowest BCUT2D eigenvalue weighted by Crippen LogP contribution is -2.35. The topological polar surface area (TPSA) is 101 Å². The van der Waals surface area contributed by atoms with Gasteiger partial charge in [0.1, 0.15) is 18.2 Å². The molecule has 2 fully saturated rings. The summed E-state index contributed by atoms with van der Waals surface area (Å²) in [5.74, 6) is -0.961. The van der Waals surface area contributed by atoms with Gasteiger partial charge in [0.2, 0.25) is 0 Å². The number of carboxylic acids is 1. The minimum absolute atomic E-state index is 0.0677. The Bertz CT molecular complexity index is 1670. The molecule has 0 bridgehead atoms. The highest BCUT2D eigenvalue weighted by atomic mass is 19.1. The lowest BCUT2D eigenvalue weighted by molar-refractivity contribution is -0.0592. The third-order valence-electron chi connectivity index (χ3n) is 8.20. The number of benzene rings is 3. The van der Waals surface area contributed by atoms with E-state index < -0.39 is 17.6 Å². The zero-order valence-electron chi connectivity index (χ0n) is 22.9. The van der Waals surface area contributed by atoms with Crippen molar-refractivity contribution in [2.24, 2.45) is 0 Å². The van der Waals surface area contributed by atoms with Gasteiger partial charge in [-0.25, -0.2) is 18.6 Å². The lowest BCUT2D eigenvalue weighted by Gasteiger charge is -2.33. The fraction of sp³-hybridized carbons (Fsp3) is 0.344. The molecule has 8 nitrogen and oxygen atoms in total. The molecule has 10 heteroatoms. The Labute approximate surface area is 241 Å². The summed E-state index contributed by atoms with van der Waals surface area (Å²) < 4.78 is 42.9. The molecule has 1 aromatic heterocycles. The molecule has 42 heavy (non-hydrogen) atoms. The molecule has 0 amide bonds. The number of ether oxygens (including phenoxy) is 2. The first-order valence-electron chi connectivity index (χ1n) is 14.1. The van der Waals surface area contributed by atoms with Crippen LogP contribution in [0.4, 0.5) is 8.78 Å². The van der Waals surface area contributed by atoms with E-state index in [0.717, 1.165) is 67.4 Å². The number of hydrogen-bond donors (Lipinski definition) is 1. The molecule has 1 N–H and O–H groups in total. The summed E-state index contributed by atoms with van der Waals surface area (Å²) >= 11 is 0. The summed E-state index contributed by atoms with van der Waals surface area (Å²) in [6.07, 6.45) is 2.60. The molecular formula is C32H30F2N4O4. The van der Waals surface area contributed by atoms with Crippen LogP contribution in [0.2, 0.25) is 0 Å². The molecule has 2 aliphatic heterocycles. The Balaban J connectivity index is 1.16. The molecule has 0 spiro atoms. The molecule has 3 aromatic carbocycles. The zero-order valence-corrected chi connectivity index (χ0v) is 22.9. The number of aromatic carboxylic acids is 1. The van der Waals surface area contributed by atoms with Gasteiger partial charge in [-0.05, 0) is 74.7 Å². The lowest BCUT2D eigenvalue weighted by atomic mass is 9.88. The molecule has 0 saturated carbocycles. The van der Waals surface area contributed by atoms with Gasteiger partial charge in [0.05, 0.1) is 47.4 Å². The molecule has 0 aliphatic carbocycles. The van der Waals surface area contributed by atoms with Crippen molar-refractivity contribution in [3.8, 4) is 11.8 Å². The van der Waals surface area contributed by atoms with Gasteiger partial charge >= 0.3 is 5.97 Å². The number of halogens is 2. The Kier molecular flexibility index (Phi) is 7.87. The van der Waals surface area contributed by atoms with Crippen LogP contribution in [0.25, 0.3) is 11.0 Å². The van der Waals surface area contributed by atoms with Gasteiger partial charge in [0, 0.05) is 17.7 Å². The standard InChI is InChI=1S/C32H30F2N4O4/c33-26-3-1-2-25(31(26)42-19-23-5-4-20(16-35)14-27(23)34)21-8-11-37(12-9-21)18-30-36-28-7-6-22(32(39)40)15-29(28)38(30)17-24-10-13-41-24/h1-7,14-15,21,24H,8-13,17-19H2,(H,39,40)/t24-/m0/s1. The molecule has 216 valence electrons. The smallest absolute Gasteiger partial charge is 0.335 e. The molecule has 3 heterocycles. The Hall–Kier alpha value is -4.33. The van der Waals surface area contributed by atoms with Crippen LogP contribution in [0.3, 0.4) is 0 Å². The van der Waals surface area contributed by atoms with Gasteiger partial charge in [0.25, 0.3) is 0 Å². The number of piperidine rings is 1. The van der Waals surface area contributed by atoms with E-state index >= 15 is 0 Å². The first-order valence-corrected chi connectivity index (χ1v) is 14.1. The van der Waals surface area contributed by atoms with E-state index in [1.807, 2.05) is 12.1 Å². The van der Waals surface area contributed by atoms with Gasteiger partial charge in [-0.1, -0.05) is 18.2 Å². The minimum atomic E-state index is -0.976. The van der Waals surface area contributed by atoms with E-state index in [4.69, 9.17) is 19.7 Å². The number of nitriles is 1. The number of aromatic nitrogens is 2. The number of carboxylic acid groups (broad SMARTS) is 1. The number of likely N-dealkylation sites (tertiary alicyclic amines) is 1. The number of imidazole rings is 1. The van der Waals surface area contributed by atoms with Crippen LogP contribution in [0.1, 0.15) is 58.1 Å². The maximum Gasteiger partial charge on any atom is 0.335 e. The molecule has 4 aromatic rings. The molecule has 1 atom stereocenters. The van der Waals surface area contributed by atoms with Crippen molar-refractivity contribution in [1.29, 1.82) is 5.26 Å². The largest absolute Gasteiger partial charge is 0.485 e. The number of para-hydroxylation sites is 1. The minimum Gasteiger partial charge on any atom is -0.485 e. The average Bonchev–Trinajstić information content (AvgIpc) is 3.30. The van der Waals surface area contributed by atoms with E-state index in [0.29, 0.717) is 13.1 Å². The number of fused-ring (bicyclic) bond motifs is 1. The Morgan fingerprint density at radius 1 is 1.10 bits per heavy atom. The highest BCUT2D eigenvalue weighted by Crippen LogP contribution is 2.37. The highest BCUT2D eigenvalue weighted by Gasteiger charge is 2.27. The number of hydrogen-bond acceptors (Lipinski definition) is 6. The van der Waals surface area contributed by atoms with E-state index in [9.17, 15) is 18.7 Å². The maximum atomic E-state index is 14.9. The normalized spacial score (nSPS) is 17.6. The molecular weight excluding hydrogens is 542 g/mol. The number of nitrogens with zero attached hydrogens (tertiary/aromatic N) is 4. The second-order valence-electron chi connectivity index (χ2n) is 10.8. The van der Waals surface area contributed by atoms with E-state index in [1.165, 1.54) is 18.2 Å². The van der Waals surface area contributed by atoms with Gasteiger partial charge in [-0.15, -0.1) is 0 Å². The highest BCUT2D eigenvalue weighted by molar-refractivity contribution is 5.92. The van der Waals surface area contributed by atoms with Crippen molar-refractivity contribution in [1.82, 2.24) is 14.5 Å². The Morgan fingerprint density at radius 3 is 2.60 bits per heavy atom. The van der Waals surface area contributed by atoms with Crippen LogP contribution >= 0.6 is 0 Å². The molecule has 2 saturated heterocycles. The zero-order chi connectivity index (χ0) is 29.2. The Morgan fingerprint density at radius 2 is 1.90 bits per heavy atom. The third kappa shape index (κ3) is 5.71. The fourth-order valence-corrected chi connectivity index (χ4v) is 5.75. The molecule has 6 rings (SSSR count).